The second kappa shape index (κ2) is 11.2. The van der Waals surface area contributed by atoms with Crippen LogP contribution in [0.2, 0.25) is 0 Å². The number of hydrogen-bond acceptors (Lipinski definition) is 3. The number of nitrogens with zero attached hydrogens (tertiary/aromatic N) is 3. The van der Waals surface area contributed by atoms with E-state index in [1.54, 1.807) is 6.92 Å². The minimum absolute atomic E-state index is 0.0272. The van der Waals surface area contributed by atoms with Gasteiger partial charge in [-0.1, -0.05) is 30.3 Å². The van der Waals surface area contributed by atoms with Gasteiger partial charge in [-0.2, -0.15) is 26.3 Å². The van der Waals surface area contributed by atoms with E-state index in [1.165, 1.54) is 11.9 Å². The van der Waals surface area contributed by atoms with Gasteiger partial charge in [0, 0.05) is 63.7 Å². The lowest BCUT2D eigenvalue weighted by Gasteiger charge is -2.47. The summed E-state index contributed by atoms with van der Waals surface area (Å²) < 4.78 is 80.4. The minimum Gasteiger partial charge on any atom is -0.343 e. The Hall–Kier alpha value is -3.08. The number of halogens is 6. The Labute approximate surface area is 223 Å². The Kier molecular flexibility index (Phi) is 8.30. The fourth-order valence-electron chi connectivity index (χ4n) is 5.77. The fraction of sp³-hybridized carbons (Fsp3) is 0.500. The number of likely N-dealkylation sites (N-methyl/N-ethyl adjacent to an activating group) is 1. The average Bonchev–Trinajstić information content (AvgIpc) is 2.91. The zero-order valence-electron chi connectivity index (χ0n) is 21.7. The predicted molar refractivity (Wildman–Crippen MR) is 133 cm³/mol. The Morgan fingerprint density at radius 3 is 1.92 bits per heavy atom. The Balaban J connectivity index is 1.60. The lowest BCUT2D eigenvalue weighted by molar-refractivity contribution is -0.143. The number of hydrogen-bond donors (Lipinski definition) is 0. The van der Waals surface area contributed by atoms with Crippen molar-refractivity contribution in [3.05, 3.63) is 70.8 Å². The largest absolute Gasteiger partial charge is 0.416 e. The summed E-state index contributed by atoms with van der Waals surface area (Å²) in [5.74, 6) is -1.05. The molecule has 0 N–H and O–H groups in total. The van der Waals surface area contributed by atoms with E-state index < -0.39 is 41.0 Å². The zero-order valence-corrected chi connectivity index (χ0v) is 21.7. The van der Waals surface area contributed by atoms with Gasteiger partial charge in [0.15, 0.2) is 0 Å². The van der Waals surface area contributed by atoms with Gasteiger partial charge in [-0.15, -0.1) is 0 Å². The van der Waals surface area contributed by atoms with Crippen LogP contribution >= 0.6 is 0 Å². The number of carbonyl (C=O) groups excluding carboxylic acids is 2. The first-order valence-corrected chi connectivity index (χ1v) is 12.9. The number of likely N-dealkylation sites (tertiary alicyclic amines) is 2. The van der Waals surface area contributed by atoms with Crippen molar-refractivity contribution in [2.24, 2.45) is 0 Å². The van der Waals surface area contributed by atoms with Crippen LogP contribution in [0.1, 0.15) is 59.2 Å². The predicted octanol–water partition coefficient (Wildman–Crippen LogP) is 5.67. The molecule has 0 bridgehead atoms. The normalized spacial score (nSPS) is 21.6. The number of carbonyl (C=O) groups is 2. The molecule has 2 heterocycles. The lowest BCUT2D eigenvalue weighted by Crippen LogP contribution is -2.55. The third-order valence-electron chi connectivity index (χ3n) is 7.91. The Bertz CT molecular complexity index is 1140. The van der Waals surface area contributed by atoms with Gasteiger partial charge in [0.2, 0.25) is 5.91 Å². The highest BCUT2D eigenvalue weighted by Crippen LogP contribution is 2.38. The van der Waals surface area contributed by atoms with E-state index in [9.17, 15) is 35.9 Å². The molecule has 0 saturated carbocycles. The van der Waals surface area contributed by atoms with E-state index in [4.69, 9.17) is 0 Å². The van der Waals surface area contributed by atoms with Gasteiger partial charge in [-0.05, 0) is 43.0 Å². The molecule has 2 atom stereocenters. The molecule has 0 aromatic heterocycles. The van der Waals surface area contributed by atoms with Crippen molar-refractivity contribution in [3.8, 4) is 0 Å². The number of rotatable bonds is 4. The molecule has 0 radical (unpaired) electrons. The summed E-state index contributed by atoms with van der Waals surface area (Å²) >= 11 is 0. The molecule has 2 amide bonds. The topological polar surface area (TPSA) is 43.9 Å². The van der Waals surface area contributed by atoms with Crippen LogP contribution in [0.25, 0.3) is 0 Å². The summed E-state index contributed by atoms with van der Waals surface area (Å²) in [6.07, 6.45) is -7.95. The first-order valence-electron chi connectivity index (χ1n) is 12.9. The van der Waals surface area contributed by atoms with E-state index in [-0.39, 0.29) is 23.9 Å². The molecule has 4 rings (SSSR count). The van der Waals surface area contributed by atoms with Crippen LogP contribution in [0.15, 0.2) is 48.5 Å². The van der Waals surface area contributed by atoms with Crippen LogP contribution < -0.4 is 0 Å². The molecule has 2 aliphatic heterocycles. The molecule has 39 heavy (non-hydrogen) atoms. The Morgan fingerprint density at radius 1 is 0.846 bits per heavy atom. The molecule has 2 fully saturated rings. The summed E-state index contributed by atoms with van der Waals surface area (Å²) in [6.45, 7) is 4.06. The van der Waals surface area contributed by atoms with Crippen molar-refractivity contribution < 1.29 is 35.9 Å². The molecule has 0 aliphatic carbocycles. The van der Waals surface area contributed by atoms with Gasteiger partial charge < -0.3 is 9.80 Å². The average molecular weight is 556 g/mol. The first kappa shape index (κ1) is 28.9. The van der Waals surface area contributed by atoms with Crippen LogP contribution in [0.3, 0.4) is 0 Å². The maximum atomic E-state index is 13.4. The first-order chi connectivity index (χ1) is 18.3. The highest BCUT2D eigenvalue weighted by molar-refractivity contribution is 5.95. The van der Waals surface area contributed by atoms with Gasteiger partial charge >= 0.3 is 12.4 Å². The van der Waals surface area contributed by atoms with E-state index >= 15 is 0 Å². The summed E-state index contributed by atoms with van der Waals surface area (Å²) in [7, 11) is 1.44. The van der Waals surface area contributed by atoms with Crippen molar-refractivity contribution in [2.75, 3.05) is 33.2 Å². The van der Waals surface area contributed by atoms with E-state index in [1.807, 2.05) is 35.2 Å². The van der Waals surface area contributed by atoms with Crippen LogP contribution in [-0.4, -0.2) is 71.8 Å². The molecule has 2 aromatic rings. The fourth-order valence-corrected chi connectivity index (χ4v) is 5.77. The van der Waals surface area contributed by atoms with Crippen molar-refractivity contribution in [2.45, 2.75) is 56.5 Å². The minimum atomic E-state index is -5.04. The smallest absolute Gasteiger partial charge is 0.343 e. The summed E-state index contributed by atoms with van der Waals surface area (Å²) in [5, 5.41) is 0. The maximum Gasteiger partial charge on any atom is 0.416 e. The monoisotopic (exact) mass is 555 g/mol. The second-order valence-electron chi connectivity index (χ2n) is 10.3. The number of piperidine rings is 2. The highest BCUT2D eigenvalue weighted by atomic mass is 19.4. The molecule has 212 valence electrons. The number of benzene rings is 2. The van der Waals surface area contributed by atoms with E-state index in [0.717, 1.165) is 18.4 Å². The van der Waals surface area contributed by atoms with E-state index in [0.29, 0.717) is 44.7 Å². The third-order valence-corrected chi connectivity index (χ3v) is 7.91. The molecule has 2 saturated heterocycles. The van der Waals surface area contributed by atoms with Gasteiger partial charge in [-0.3, -0.25) is 14.5 Å². The van der Waals surface area contributed by atoms with Gasteiger partial charge in [0.05, 0.1) is 11.1 Å². The van der Waals surface area contributed by atoms with Crippen molar-refractivity contribution in [1.29, 1.82) is 0 Å². The van der Waals surface area contributed by atoms with Crippen LogP contribution in [-0.2, 0) is 17.1 Å². The number of alkyl halides is 6. The van der Waals surface area contributed by atoms with Gasteiger partial charge in [-0.25, -0.2) is 0 Å². The SMILES string of the molecule is CC(=O)N1CCC(N2CCC(N(C)C(=O)c3cc(C(F)(F)F)cc(C(F)(F)F)c3)C(c3ccccc3)C2)CC1. The number of amides is 2. The van der Waals surface area contributed by atoms with Crippen LogP contribution in [0.5, 0.6) is 0 Å². The molecule has 5 nitrogen and oxygen atoms in total. The van der Waals surface area contributed by atoms with Crippen LogP contribution in [0.4, 0.5) is 26.3 Å². The van der Waals surface area contributed by atoms with E-state index in [2.05, 4.69) is 4.90 Å². The second-order valence-corrected chi connectivity index (χ2v) is 10.3. The third kappa shape index (κ3) is 6.57. The Morgan fingerprint density at radius 2 is 1.41 bits per heavy atom. The van der Waals surface area contributed by atoms with Crippen LogP contribution in [0, 0.1) is 0 Å². The lowest BCUT2D eigenvalue weighted by atomic mass is 9.83. The maximum absolute atomic E-state index is 13.4. The molecule has 11 heteroatoms. The summed E-state index contributed by atoms with van der Waals surface area (Å²) in [4.78, 5) is 30.6. The van der Waals surface area contributed by atoms with Crippen molar-refractivity contribution in [3.63, 3.8) is 0 Å². The molecular formula is C28H31F6N3O2. The summed E-state index contributed by atoms with van der Waals surface area (Å²) in [5.41, 5.74) is -2.74. The molecule has 2 unspecified atom stereocenters. The zero-order chi connectivity index (χ0) is 28.5. The molecule has 0 spiro atoms. The standard InChI is InChI=1S/C28H31F6N3O2/c1-18(38)36-11-8-23(9-12-36)37-13-10-25(24(17-37)19-6-4-3-5-7-19)35(2)26(39)20-14-21(27(29,30)31)16-22(15-20)28(32,33)34/h3-7,14-16,23-25H,8-13,17H2,1-2H3. The summed E-state index contributed by atoms with van der Waals surface area (Å²) in [6, 6.07) is 10.2. The molecule has 2 aliphatic rings. The van der Waals surface area contributed by atoms with Crippen molar-refractivity contribution >= 4 is 11.8 Å². The van der Waals surface area contributed by atoms with Gasteiger partial charge in [0.25, 0.3) is 5.91 Å². The van der Waals surface area contributed by atoms with Crippen molar-refractivity contribution in [1.82, 2.24) is 14.7 Å². The van der Waals surface area contributed by atoms with Gasteiger partial charge in [0.1, 0.15) is 0 Å². The highest BCUT2D eigenvalue weighted by Gasteiger charge is 2.40. The molecular weight excluding hydrogens is 524 g/mol. The molecule has 2 aromatic carbocycles. The quantitative estimate of drug-likeness (QED) is 0.457.